The van der Waals surface area contributed by atoms with Crippen molar-refractivity contribution in [3.05, 3.63) is 11.6 Å². The van der Waals surface area contributed by atoms with E-state index in [2.05, 4.69) is 20.5 Å². The number of H-pyrrole nitrogens is 1. The first-order valence-corrected chi connectivity index (χ1v) is 3.33. The number of nitrogens with zero attached hydrogens (tertiary/aromatic N) is 2. The van der Waals surface area contributed by atoms with E-state index in [1.165, 1.54) is 0 Å². The van der Waals surface area contributed by atoms with Crippen LogP contribution in [0.3, 0.4) is 0 Å². The molecule has 0 bridgehead atoms. The standard InChI is InChI=1S/C6H10N4O/c1-4(7-3-11)6-8-5(2)9-10-6/h3-4H,1-2H3,(H,7,11)(H,8,9,10). The van der Waals surface area contributed by atoms with Crippen LogP contribution in [0.25, 0.3) is 0 Å². The summed E-state index contributed by atoms with van der Waals surface area (Å²) >= 11 is 0. The lowest BCUT2D eigenvalue weighted by atomic mass is 10.3. The van der Waals surface area contributed by atoms with Crippen molar-refractivity contribution in [1.29, 1.82) is 0 Å². The molecular formula is C6H10N4O. The number of aromatic nitrogens is 3. The number of amides is 1. The molecule has 0 aliphatic rings. The van der Waals surface area contributed by atoms with Gasteiger partial charge in [0.05, 0.1) is 6.04 Å². The molecule has 0 saturated heterocycles. The number of hydrogen-bond acceptors (Lipinski definition) is 3. The molecule has 0 aliphatic heterocycles. The van der Waals surface area contributed by atoms with E-state index < -0.39 is 0 Å². The van der Waals surface area contributed by atoms with Gasteiger partial charge in [0.15, 0.2) is 5.82 Å². The van der Waals surface area contributed by atoms with E-state index >= 15 is 0 Å². The molecular weight excluding hydrogens is 144 g/mol. The van der Waals surface area contributed by atoms with Crippen LogP contribution in [-0.4, -0.2) is 21.6 Å². The molecule has 0 spiro atoms. The number of aromatic amines is 1. The zero-order valence-electron chi connectivity index (χ0n) is 6.46. The van der Waals surface area contributed by atoms with Crippen LogP contribution in [0.15, 0.2) is 0 Å². The summed E-state index contributed by atoms with van der Waals surface area (Å²) in [5, 5.41) is 10.1. The molecule has 0 radical (unpaired) electrons. The molecule has 0 aliphatic carbocycles. The van der Waals surface area contributed by atoms with Crippen molar-refractivity contribution in [2.24, 2.45) is 0 Å². The summed E-state index contributed by atoms with van der Waals surface area (Å²) in [4.78, 5) is 12.9. The van der Waals surface area contributed by atoms with Gasteiger partial charge in [0, 0.05) is 0 Å². The summed E-state index contributed by atoms with van der Waals surface area (Å²) in [6, 6.07) is -0.103. The molecule has 1 amide bonds. The number of nitrogens with one attached hydrogen (secondary N) is 2. The highest BCUT2D eigenvalue weighted by Gasteiger charge is 2.06. The van der Waals surface area contributed by atoms with Gasteiger partial charge in [0.1, 0.15) is 5.82 Å². The molecule has 0 aromatic carbocycles. The first-order chi connectivity index (χ1) is 5.24. The maximum absolute atomic E-state index is 10.0. The molecule has 1 unspecified atom stereocenters. The lowest BCUT2D eigenvalue weighted by Gasteiger charge is -2.03. The largest absolute Gasteiger partial charge is 0.349 e. The highest BCUT2D eigenvalue weighted by atomic mass is 16.1. The van der Waals surface area contributed by atoms with Gasteiger partial charge in [-0.2, -0.15) is 0 Å². The third-order valence-corrected chi connectivity index (χ3v) is 1.34. The molecule has 0 fully saturated rings. The molecule has 11 heavy (non-hydrogen) atoms. The Kier molecular flexibility index (Phi) is 2.20. The molecule has 5 heteroatoms. The molecule has 1 rings (SSSR count). The van der Waals surface area contributed by atoms with Crippen molar-refractivity contribution in [3.8, 4) is 0 Å². The Balaban J connectivity index is 2.67. The summed E-state index contributed by atoms with van der Waals surface area (Å²) in [6.45, 7) is 3.64. The average Bonchev–Trinajstić information content (AvgIpc) is 2.36. The molecule has 1 heterocycles. The van der Waals surface area contributed by atoms with Crippen molar-refractivity contribution in [2.75, 3.05) is 0 Å². The van der Waals surface area contributed by atoms with Crippen LogP contribution >= 0.6 is 0 Å². The fraction of sp³-hybridized carbons (Fsp3) is 0.500. The zero-order chi connectivity index (χ0) is 8.27. The topological polar surface area (TPSA) is 70.7 Å². The normalized spacial score (nSPS) is 12.5. The van der Waals surface area contributed by atoms with Gasteiger partial charge >= 0.3 is 0 Å². The Hall–Kier alpha value is -1.39. The summed E-state index contributed by atoms with van der Waals surface area (Å²) in [5.41, 5.74) is 0. The minimum Gasteiger partial charge on any atom is -0.349 e. The van der Waals surface area contributed by atoms with Crippen molar-refractivity contribution in [1.82, 2.24) is 20.5 Å². The Morgan fingerprint density at radius 1 is 1.64 bits per heavy atom. The zero-order valence-corrected chi connectivity index (χ0v) is 6.46. The van der Waals surface area contributed by atoms with Gasteiger partial charge in [-0.25, -0.2) is 0 Å². The van der Waals surface area contributed by atoms with Gasteiger partial charge in [-0.15, -0.1) is 10.2 Å². The number of aryl methyl sites for hydroxylation is 1. The monoisotopic (exact) mass is 154 g/mol. The first-order valence-electron chi connectivity index (χ1n) is 3.33. The maximum Gasteiger partial charge on any atom is 0.207 e. The number of carbonyl (C=O) groups excluding carboxylic acids is 1. The minimum atomic E-state index is -0.103. The van der Waals surface area contributed by atoms with Crippen molar-refractivity contribution in [3.63, 3.8) is 0 Å². The van der Waals surface area contributed by atoms with Gasteiger partial charge in [-0.1, -0.05) is 0 Å². The lowest BCUT2D eigenvalue weighted by Crippen LogP contribution is -2.17. The van der Waals surface area contributed by atoms with Crippen molar-refractivity contribution >= 4 is 6.41 Å². The van der Waals surface area contributed by atoms with Crippen LogP contribution in [0.4, 0.5) is 0 Å². The van der Waals surface area contributed by atoms with Crippen LogP contribution in [0.1, 0.15) is 24.6 Å². The minimum absolute atomic E-state index is 0.103. The molecule has 60 valence electrons. The Morgan fingerprint density at radius 2 is 2.36 bits per heavy atom. The third kappa shape index (κ3) is 1.76. The predicted molar refractivity (Wildman–Crippen MR) is 38.7 cm³/mol. The summed E-state index contributed by atoms with van der Waals surface area (Å²) < 4.78 is 0. The van der Waals surface area contributed by atoms with E-state index in [1.807, 2.05) is 13.8 Å². The van der Waals surface area contributed by atoms with Gasteiger partial charge in [-0.05, 0) is 13.8 Å². The average molecular weight is 154 g/mol. The fourth-order valence-electron chi connectivity index (χ4n) is 0.740. The van der Waals surface area contributed by atoms with E-state index in [-0.39, 0.29) is 6.04 Å². The second-order valence-corrected chi connectivity index (χ2v) is 2.30. The highest BCUT2D eigenvalue weighted by molar-refractivity contribution is 5.46. The summed E-state index contributed by atoms with van der Waals surface area (Å²) in [6.07, 6.45) is 0.641. The number of rotatable bonds is 3. The number of carbonyl (C=O) groups is 1. The Bertz CT molecular complexity index is 244. The van der Waals surface area contributed by atoms with Gasteiger partial charge < -0.3 is 10.3 Å². The SMILES string of the molecule is Cc1nnc(C(C)NC=O)[nH]1. The lowest BCUT2D eigenvalue weighted by molar-refractivity contribution is -0.110. The van der Waals surface area contributed by atoms with Crippen LogP contribution in [0, 0.1) is 6.92 Å². The second kappa shape index (κ2) is 3.14. The molecule has 5 nitrogen and oxygen atoms in total. The van der Waals surface area contributed by atoms with E-state index in [1.54, 1.807) is 0 Å². The Labute approximate surface area is 64.2 Å². The third-order valence-electron chi connectivity index (χ3n) is 1.34. The fourth-order valence-corrected chi connectivity index (χ4v) is 0.740. The first kappa shape index (κ1) is 7.71. The molecule has 2 N–H and O–H groups in total. The van der Waals surface area contributed by atoms with E-state index in [0.717, 1.165) is 5.82 Å². The predicted octanol–water partition coefficient (Wildman–Crippen LogP) is -0.0799. The molecule has 1 aromatic heterocycles. The quantitative estimate of drug-likeness (QED) is 0.598. The second-order valence-electron chi connectivity index (χ2n) is 2.30. The van der Waals surface area contributed by atoms with Crippen LogP contribution in [-0.2, 0) is 4.79 Å². The van der Waals surface area contributed by atoms with Gasteiger partial charge in [-0.3, -0.25) is 4.79 Å². The highest BCUT2D eigenvalue weighted by Crippen LogP contribution is 2.03. The van der Waals surface area contributed by atoms with Crippen LogP contribution in [0.2, 0.25) is 0 Å². The van der Waals surface area contributed by atoms with E-state index in [4.69, 9.17) is 0 Å². The smallest absolute Gasteiger partial charge is 0.207 e. The Morgan fingerprint density at radius 3 is 2.82 bits per heavy atom. The van der Waals surface area contributed by atoms with E-state index in [9.17, 15) is 4.79 Å². The van der Waals surface area contributed by atoms with Crippen molar-refractivity contribution < 1.29 is 4.79 Å². The van der Waals surface area contributed by atoms with Gasteiger partial charge in [0.2, 0.25) is 6.41 Å². The van der Waals surface area contributed by atoms with E-state index in [0.29, 0.717) is 12.2 Å². The van der Waals surface area contributed by atoms with Gasteiger partial charge in [0.25, 0.3) is 0 Å². The summed E-state index contributed by atoms with van der Waals surface area (Å²) in [7, 11) is 0. The molecule has 1 atom stereocenters. The maximum atomic E-state index is 10.0. The van der Waals surface area contributed by atoms with Crippen molar-refractivity contribution in [2.45, 2.75) is 19.9 Å². The molecule has 0 saturated carbocycles. The molecule has 1 aromatic rings. The van der Waals surface area contributed by atoms with Crippen LogP contribution < -0.4 is 5.32 Å². The summed E-state index contributed by atoms with van der Waals surface area (Å²) in [5.74, 6) is 1.43. The van der Waals surface area contributed by atoms with Crippen LogP contribution in [0.5, 0.6) is 0 Å². The number of hydrogen-bond donors (Lipinski definition) is 2.